The van der Waals surface area contributed by atoms with Gasteiger partial charge in [-0.3, -0.25) is 0 Å². The third-order valence-electron chi connectivity index (χ3n) is 2.11. The van der Waals surface area contributed by atoms with Crippen LogP contribution in [0.1, 0.15) is 45.1 Å². The second kappa shape index (κ2) is 3.75. The summed E-state index contributed by atoms with van der Waals surface area (Å²) in [5.74, 6) is 0.970. The molecule has 0 aliphatic heterocycles. The van der Waals surface area contributed by atoms with Crippen molar-refractivity contribution in [3.05, 3.63) is 23.8 Å². The monoisotopic (exact) mass is 189 g/mol. The van der Waals surface area contributed by atoms with Crippen LogP contribution in [0.4, 0.5) is 0 Å². The first-order valence-electron chi connectivity index (χ1n) is 4.72. The van der Waals surface area contributed by atoms with Crippen LogP contribution in [-0.2, 0) is 5.41 Å². The predicted molar refractivity (Wildman–Crippen MR) is 54.8 cm³/mol. The molecule has 3 nitrogen and oxygen atoms in total. The van der Waals surface area contributed by atoms with Gasteiger partial charge in [0.15, 0.2) is 0 Å². The summed E-state index contributed by atoms with van der Waals surface area (Å²) in [4.78, 5) is 8.51. The Hall–Kier alpha value is -1.43. The van der Waals surface area contributed by atoms with E-state index in [1.54, 1.807) is 6.20 Å². The molecule has 1 aromatic heterocycles. The van der Waals surface area contributed by atoms with E-state index in [1.165, 1.54) is 0 Å². The Balaban J connectivity index is 3.14. The fraction of sp³-hybridized carbons (Fsp3) is 0.545. The third kappa shape index (κ3) is 2.08. The van der Waals surface area contributed by atoms with Crippen LogP contribution < -0.4 is 0 Å². The highest BCUT2D eigenvalue weighted by Gasteiger charge is 2.23. The van der Waals surface area contributed by atoms with Gasteiger partial charge in [-0.15, -0.1) is 0 Å². The number of rotatable bonds is 2. The van der Waals surface area contributed by atoms with Crippen LogP contribution in [0.3, 0.4) is 0 Å². The van der Waals surface area contributed by atoms with E-state index in [0.29, 0.717) is 11.7 Å². The Morgan fingerprint density at radius 1 is 1.43 bits per heavy atom. The Kier molecular flexibility index (Phi) is 2.85. The van der Waals surface area contributed by atoms with Crippen LogP contribution in [0.5, 0.6) is 0 Å². The van der Waals surface area contributed by atoms with E-state index >= 15 is 0 Å². The van der Waals surface area contributed by atoms with Gasteiger partial charge in [-0.1, -0.05) is 13.8 Å². The van der Waals surface area contributed by atoms with Crippen LogP contribution in [0.2, 0.25) is 0 Å². The van der Waals surface area contributed by atoms with Gasteiger partial charge in [0.1, 0.15) is 11.2 Å². The van der Waals surface area contributed by atoms with E-state index in [-0.39, 0.29) is 0 Å². The van der Waals surface area contributed by atoms with Crippen molar-refractivity contribution in [3.8, 4) is 6.07 Å². The number of nitrogens with zero attached hydrogens (tertiary/aromatic N) is 3. The zero-order valence-electron chi connectivity index (χ0n) is 9.07. The average molecular weight is 189 g/mol. The van der Waals surface area contributed by atoms with Crippen LogP contribution >= 0.6 is 0 Å². The zero-order valence-corrected chi connectivity index (χ0v) is 9.07. The smallest absolute Gasteiger partial charge is 0.148 e. The predicted octanol–water partition coefficient (Wildman–Crippen LogP) is 2.40. The van der Waals surface area contributed by atoms with Crippen molar-refractivity contribution in [3.63, 3.8) is 0 Å². The molecular weight excluding hydrogens is 174 g/mol. The van der Waals surface area contributed by atoms with Crippen LogP contribution in [-0.4, -0.2) is 9.97 Å². The molecule has 0 fully saturated rings. The minimum Gasteiger partial charge on any atom is -0.240 e. The van der Waals surface area contributed by atoms with Crippen molar-refractivity contribution in [2.75, 3.05) is 0 Å². The lowest BCUT2D eigenvalue weighted by Crippen LogP contribution is -2.19. The molecule has 0 spiro atoms. The summed E-state index contributed by atoms with van der Waals surface area (Å²) in [6.45, 7) is 7.80. The standard InChI is InChI=1S/C11H15N3/c1-8(2)9-5-6-13-10(14-9)11(3,4)7-12/h5-6,8H,1-4H3. The molecule has 1 heterocycles. The van der Waals surface area contributed by atoms with E-state index in [1.807, 2.05) is 19.9 Å². The lowest BCUT2D eigenvalue weighted by atomic mass is 9.94. The molecule has 0 radical (unpaired) electrons. The van der Waals surface area contributed by atoms with E-state index in [4.69, 9.17) is 5.26 Å². The van der Waals surface area contributed by atoms with Gasteiger partial charge in [0, 0.05) is 11.9 Å². The number of hydrogen-bond acceptors (Lipinski definition) is 3. The van der Waals surface area contributed by atoms with E-state index in [2.05, 4.69) is 29.9 Å². The summed E-state index contributed by atoms with van der Waals surface area (Å²) >= 11 is 0. The first-order valence-corrected chi connectivity index (χ1v) is 4.72. The number of hydrogen-bond donors (Lipinski definition) is 0. The van der Waals surface area contributed by atoms with Crippen molar-refractivity contribution < 1.29 is 0 Å². The first-order chi connectivity index (χ1) is 6.47. The van der Waals surface area contributed by atoms with Gasteiger partial charge in [-0.05, 0) is 25.8 Å². The molecule has 74 valence electrons. The SMILES string of the molecule is CC(C)c1ccnc(C(C)(C)C#N)n1. The van der Waals surface area contributed by atoms with Gasteiger partial charge < -0.3 is 0 Å². The Bertz CT molecular complexity index is 361. The largest absolute Gasteiger partial charge is 0.240 e. The maximum Gasteiger partial charge on any atom is 0.148 e. The maximum absolute atomic E-state index is 8.95. The first kappa shape index (κ1) is 10.6. The van der Waals surface area contributed by atoms with Crippen LogP contribution in [0.15, 0.2) is 12.3 Å². The third-order valence-corrected chi connectivity index (χ3v) is 2.11. The Morgan fingerprint density at radius 3 is 2.57 bits per heavy atom. The van der Waals surface area contributed by atoms with Crippen molar-refractivity contribution in [1.82, 2.24) is 9.97 Å². The molecule has 3 heteroatoms. The number of nitriles is 1. The molecule has 0 atom stereocenters. The van der Waals surface area contributed by atoms with E-state index in [0.717, 1.165) is 5.69 Å². The lowest BCUT2D eigenvalue weighted by Gasteiger charge is -2.14. The van der Waals surface area contributed by atoms with Gasteiger partial charge in [-0.25, -0.2) is 9.97 Å². The van der Waals surface area contributed by atoms with Gasteiger partial charge >= 0.3 is 0 Å². The van der Waals surface area contributed by atoms with Crippen molar-refractivity contribution >= 4 is 0 Å². The topological polar surface area (TPSA) is 49.6 Å². The normalized spacial score (nSPS) is 11.4. The molecule has 1 aromatic rings. The van der Waals surface area contributed by atoms with Crippen molar-refractivity contribution in [2.45, 2.75) is 39.0 Å². The molecule has 0 amide bonds. The average Bonchev–Trinajstić information content (AvgIpc) is 2.18. The Labute approximate surface area is 84.8 Å². The lowest BCUT2D eigenvalue weighted by molar-refractivity contribution is 0.616. The van der Waals surface area contributed by atoms with Gasteiger partial charge in [0.05, 0.1) is 6.07 Å². The van der Waals surface area contributed by atoms with Crippen LogP contribution in [0, 0.1) is 11.3 Å². The quantitative estimate of drug-likeness (QED) is 0.717. The summed E-state index contributed by atoms with van der Waals surface area (Å²) in [7, 11) is 0. The molecular formula is C11H15N3. The molecule has 0 aliphatic carbocycles. The highest BCUT2D eigenvalue weighted by Crippen LogP contribution is 2.19. The zero-order chi connectivity index (χ0) is 10.8. The molecule has 0 unspecified atom stereocenters. The van der Waals surface area contributed by atoms with Crippen LogP contribution in [0.25, 0.3) is 0 Å². The van der Waals surface area contributed by atoms with E-state index < -0.39 is 5.41 Å². The molecule has 1 rings (SSSR count). The fourth-order valence-electron chi connectivity index (χ4n) is 1.05. The second-order valence-electron chi connectivity index (χ2n) is 4.20. The highest BCUT2D eigenvalue weighted by molar-refractivity contribution is 5.18. The number of aromatic nitrogens is 2. The van der Waals surface area contributed by atoms with Crippen molar-refractivity contribution in [2.24, 2.45) is 0 Å². The minimum atomic E-state index is -0.606. The molecule has 0 saturated carbocycles. The van der Waals surface area contributed by atoms with E-state index in [9.17, 15) is 0 Å². The van der Waals surface area contributed by atoms with Gasteiger partial charge in [0.25, 0.3) is 0 Å². The molecule has 0 saturated heterocycles. The summed E-state index contributed by atoms with van der Waals surface area (Å²) in [6, 6.07) is 4.09. The maximum atomic E-state index is 8.95. The minimum absolute atomic E-state index is 0.367. The highest BCUT2D eigenvalue weighted by atomic mass is 14.9. The fourth-order valence-corrected chi connectivity index (χ4v) is 1.05. The molecule has 0 N–H and O–H groups in total. The molecule has 0 aliphatic rings. The summed E-state index contributed by atoms with van der Waals surface area (Å²) < 4.78 is 0. The molecule has 0 bridgehead atoms. The van der Waals surface area contributed by atoms with Crippen molar-refractivity contribution in [1.29, 1.82) is 5.26 Å². The molecule has 14 heavy (non-hydrogen) atoms. The molecule has 0 aromatic carbocycles. The van der Waals surface area contributed by atoms with Gasteiger partial charge in [0.2, 0.25) is 0 Å². The second-order valence-corrected chi connectivity index (χ2v) is 4.20. The summed E-state index contributed by atoms with van der Waals surface area (Å²) in [5, 5.41) is 8.95. The summed E-state index contributed by atoms with van der Waals surface area (Å²) in [6.07, 6.45) is 1.72. The van der Waals surface area contributed by atoms with Gasteiger partial charge in [-0.2, -0.15) is 5.26 Å². The Morgan fingerprint density at radius 2 is 2.07 bits per heavy atom. The summed E-state index contributed by atoms with van der Waals surface area (Å²) in [5.41, 5.74) is 0.378.